The van der Waals surface area contributed by atoms with Crippen LogP contribution in [0.25, 0.3) is 0 Å². The van der Waals surface area contributed by atoms with Crippen molar-refractivity contribution in [2.75, 3.05) is 26.7 Å². The second kappa shape index (κ2) is 8.40. The predicted molar refractivity (Wildman–Crippen MR) is 104 cm³/mol. The average molecular weight is 359 g/mol. The Hall–Kier alpha value is -1.59. The van der Waals surface area contributed by atoms with Crippen molar-refractivity contribution >= 4 is 5.96 Å². The molecule has 6 nitrogen and oxygen atoms in total. The minimum absolute atomic E-state index is 0.897. The molecule has 26 heavy (non-hydrogen) atoms. The van der Waals surface area contributed by atoms with Crippen molar-refractivity contribution in [3.63, 3.8) is 0 Å². The molecule has 1 saturated heterocycles. The summed E-state index contributed by atoms with van der Waals surface area (Å²) < 4.78 is 2.37. The standard InChI is InChI=1S/C20H34N6/c1-21-20(25-14-16-8-4-5-9-17(16)15-25)22-12-7-11-19-24-23-18-10-3-2-6-13-26(18)19/h16-17H,2-15H2,1H3,(H,21,22). The maximum Gasteiger partial charge on any atom is 0.193 e. The lowest BCUT2D eigenvalue weighted by Crippen LogP contribution is -2.40. The van der Waals surface area contributed by atoms with Crippen molar-refractivity contribution in [2.45, 2.75) is 70.8 Å². The second-order valence-corrected chi connectivity index (χ2v) is 8.28. The molecule has 0 aromatic carbocycles. The zero-order valence-corrected chi connectivity index (χ0v) is 16.3. The van der Waals surface area contributed by atoms with Crippen LogP contribution in [0.2, 0.25) is 0 Å². The summed E-state index contributed by atoms with van der Waals surface area (Å²) in [5.41, 5.74) is 0. The van der Waals surface area contributed by atoms with E-state index in [1.807, 2.05) is 7.05 Å². The van der Waals surface area contributed by atoms with Crippen LogP contribution in [0.4, 0.5) is 0 Å². The Labute approximate surface area is 157 Å². The molecule has 4 rings (SSSR count). The molecule has 0 bridgehead atoms. The van der Waals surface area contributed by atoms with E-state index in [-0.39, 0.29) is 0 Å². The van der Waals surface area contributed by atoms with Crippen molar-refractivity contribution in [1.29, 1.82) is 0 Å². The average Bonchev–Trinajstić information content (AvgIpc) is 3.18. The van der Waals surface area contributed by atoms with Gasteiger partial charge in [-0.05, 0) is 43.9 Å². The molecular weight excluding hydrogens is 324 g/mol. The number of nitrogens with one attached hydrogen (secondary N) is 1. The van der Waals surface area contributed by atoms with Gasteiger partial charge in [-0.3, -0.25) is 4.99 Å². The highest BCUT2D eigenvalue weighted by Gasteiger charge is 2.35. The van der Waals surface area contributed by atoms with Gasteiger partial charge in [0.05, 0.1) is 0 Å². The fraction of sp³-hybridized carbons (Fsp3) is 0.850. The Bertz CT molecular complexity index is 608. The van der Waals surface area contributed by atoms with E-state index in [4.69, 9.17) is 0 Å². The molecule has 144 valence electrons. The zero-order valence-electron chi connectivity index (χ0n) is 16.3. The normalized spacial score (nSPS) is 26.3. The van der Waals surface area contributed by atoms with Gasteiger partial charge in [0, 0.05) is 46.1 Å². The van der Waals surface area contributed by atoms with E-state index >= 15 is 0 Å². The van der Waals surface area contributed by atoms with Gasteiger partial charge < -0.3 is 14.8 Å². The third-order valence-electron chi connectivity index (χ3n) is 6.53. The van der Waals surface area contributed by atoms with Crippen LogP contribution in [0.3, 0.4) is 0 Å². The van der Waals surface area contributed by atoms with Gasteiger partial charge in [-0.15, -0.1) is 10.2 Å². The molecule has 0 amide bonds. The quantitative estimate of drug-likeness (QED) is 0.511. The molecule has 1 saturated carbocycles. The Morgan fingerprint density at radius 1 is 1.08 bits per heavy atom. The summed E-state index contributed by atoms with van der Waals surface area (Å²) in [4.78, 5) is 7.03. The minimum Gasteiger partial charge on any atom is -0.356 e. The summed E-state index contributed by atoms with van der Waals surface area (Å²) in [5.74, 6) is 5.26. The Balaban J connectivity index is 1.25. The number of aromatic nitrogens is 3. The van der Waals surface area contributed by atoms with E-state index in [9.17, 15) is 0 Å². The second-order valence-electron chi connectivity index (χ2n) is 8.28. The molecule has 2 aliphatic heterocycles. The summed E-state index contributed by atoms with van der Waals surface area (Å²) >= 11 is 0. The Morgan fingerprint density at radius 3 is 2.65 bits per heavy atom. The van der Waals surface area contributed by atoms with Crippen molar-refractivity contribution in [2.24, 2.45) is 16.8 Å². The third-order valence-corrected chi connectivity index (χ3v) is 6.53. The number of guanidine groups is 1. The summed E-state index contributed by atoms with van der Waals surface area (Å²) in [5, 5.41) is 12.5. The SMILES string of the molecule is CN=C(NCCCc1nnc2n1CCCCC2)N1CC2CCCCC2C1. The van der Waals surface area contributed by atoms with Gasteiger partial charge in [0.25, 0.3) is 0 Å². The van der Waals surface area contributed by atoms with E-state index in [0.717, 1.165) is 50.1 Å². The number of hydrogen-bond donors (Lipinski definition) is 1. The zero-order chi connectivity index (χ0) is 17.8. The predicted octanol–water partition coefficient (Wildman–Crippen LogP) is 2.63. The molecule has 1 aliphatic carbocycles. The molecule has 3 aliphatic rings. The van der Waals surface area contributed by atoms with E-state index in [0.29, 0.717) is 0 Å². The molecule has 2 unspecified atom stereocenters. The van der Waals surface area contributed by atoms with Crippen LogP contribution < -0.4 is 5.32 Å². The highest BCUT2D eigenvalue weighted by atomic mass is 15.3. The van der Waals surface area contributed by atoms with Crippen molar-refractivity contribution in [3.8, 4) is 0 Å². The van der Waals surface area contributed by atoms with Gasteiger partial charge in [-0.25, -0.2) is 0 Å². The van der Waals surface area contributed by atoms with Gasteiger partial charge in [-0.2, -0.15) is 0 Å². The molecule has 1 N–H and O–H groups in total. The van der Waals surface area contributed by atoms with Crippen LogP contribution in [0.5, 0.6) is 0 Å². The maximum atomic E-state index is 4.54. The smallest absolute Gasteiger partial charge is 0.193 e. The minimum atomic E-state index is 0.897. The Kier molecular flexibility index (Phi) is 5.75. The van der Waals surface area contributed by atoms with Crippen LogP contribution in [0.1, 0.15) is 63.0 Å². The lowest BCUT2D eigenvalue weighted by molar-refractivity contribution is 0.299. The van der Waals surface area contributed by atoms with Crippen molar-refractivity contribution in [1.82, 2.24) is 25.0 Å². The summed E-state index contributed by atoms with van der Waals surface area (Å²) in [7, 11) is 1.92. The number of aliphatic imine (C=N–C) groups is 1. The first-order chi connectivity index (χ1) is 12.8. The van der Waals surface area contributed by atoms with Crippen LogP contribution in [-0.4, -0.2) is 52.3 Å². The van der Waals surface area contributed by atoms with Gasteiger partial charge >= 0.3 is 0 Å². The van der Waals surface area contributed by atoms with Gasteiger partial charge in [0.2, 0.25) is 0 Å². The van der Waals surface area contributed by atoms with E-state index < -0.39 is 0 Å². The van der Waals surface area contributed by atoms with Crippen LogP contribution in [0.15, 0.2) is 4.99 Å². The number of aryl methyl sites for hydroxylation is 2. The first-order valence-electron chi connectivity index (χ1n) is 10.7. The molecule has 2 fully saturated rings. The number of likely N-dealkylation sites (tertiary alicyclic amines) is 1. The van der Waals surface area contributed by atoms with Gasteiger partial charge in [0.1, 0.15) is 11.6 Å². The third kappa shape index (κ3) is 3.89. The number of rotatable bonds is 4. The monoisotopic (exact) mass is 358 g/mol. The fourth-order valence-corrected chi connectivity index (χ4v) is 5.09. The molecule has 0 radical (unpaired) electrons. The van der Waals surface area contributed by atoms with Crippen LogP contribution in [-0.2, 0) is 19.4 Å². The lowest BCUT2D eigenvalue weighted by atomic mass is 9.82. The van der Waals surface area contributed by atoms with E-state index in [1.54, 1.807) is 0 Å². The van der Waals surface area contributed by atoms with Gasteiger partial charge in [-0.1, -0.05) is 19.3 Å². The highest BCUT2D eigenvalue weighted by molar-refractivity contribution is 5.80. The Morgan fingerprint density at radius 2 is 1.88 bits per heavy atom. The summed E-state index contributed by atoms with van der Waals surface area (Å²) in [6, 6.07) is 0. The van der Waals surface area contributed by atoms with Gasteiger partial charge in [0.15, 0.2) is 5.96 Å². The fourth-order valence-electron chi connectivity index (χ4n) is 5.09. The molecular formula is C20H34N6. The highest BCUT2D eigenvalue weighted by Crippen LogP contribution is 2.35. The molecule has 2 atom stereocenters. The topological polar surface area (TPSA) is 58.3 Å². The molecule has 3 heterocycles. The number of fused-ring (bicyclic) bond motifs is 2. The number of nitrogens with zero attached hydrogens (tertiary/aromatic N) is 5. The largest absolute Gasteiger partial charge is 0.356 e. The lowest BCUT2D eigenvalue weighted by Gasteiger charge is -2.22. The summed E-state index contributed by atoms with van der Waals surface area (Å²) in [6.07, 6.45) is 12.7. The molecule has 1 aromatic heterocycles. The molecule has 1 aromatic rings. The van der Waals surface area contributed by atoms with Crippen molar-refractivity contribution < 1.29 is 0 Å². The maximum absolute atomic E-state index is 4.54. The van der Waals surface area contributed by atoms with E-state index in [2.05, 4.69) is 30.0 Å². The first kappa shape index (κ1) is 17.8. The number of hydrogen-bond acceptors (Lipinski definition) is 3. The molecule has 6 heteroatoms. The van der Waals surface area contributed by atoms with Crippen molar-refractivity contribution in [3.05, 3.63) is 11.6 Å². The molecule has 0 spiro atoms. The van der Waals surface area contributed by atoms with E-state index in [1.165, 1.54) is 69.7 Å². The van der Waals surface area contributed by atoms with Crippen LogP contribution in [0, 0.1) is 11.8 Å². The summed E-state index contributed by atoms with van der Waals surface area (Å²) in [6.45, 7) is 4.45. The first-order valence-corrected chi connectivity index (χ1v) is 10.7. The van der Waals surface area contributed by atoms with Crippen LogP contribution >= 0.6 is 0 Å².